The maximum absolute atomic E-state index is 10.6. The summed E-state index contributed by atoms with van der Waals surface area (Å²) in [5.74, 6) is 5.45. The SMILES string of the molecule is CC(C)(O)CCC[C@H]1CC[C@H]2[C@@H]3CC[C@H]4C[C@](C)(O)CC[C@@H]4[C@H]3CC[C@]12C. The molecule has 8 atom stereocenters. The van der Waals surface area contributed by atoms with Crippen LogP contribution in [0.1, 0.15) is 105 Å². The largest absolute Gasteiger partial charge is 0.390 e. The number of hydrogen-bond acceptors (Lipinski definition) is 2. The van der Waals surface area contributed by atoms with E-state index in [2.05, 4.69) is 13.8 Å². The molecule has 156 valence electrons. The Morgan fingerprint density at radius 1 is 0.889 bits per heavy atom. The van der Waals surface area contributed by atoms with Crippen molar-refractivity contribution in [1.82, 2.24) is 0 Å². The molecular weight excluding hydrogens is 332 g/mol. The first kappa shape index (κ1) is 20.2. The minimum Gasteiger partial charge on any atom is -0.390 e. The molecule has 4 rings (SSSR count). The van der Waals surface area contributed by atoms with Crippen molar-refractivity contribution >= 4 is 0 Å². The average molecular weight is 377 g/mol. The molecule has 2 heteroatoms. The highest BCUT2D eigenvalue weighted by atomic mass is 16.3. The van der Waals surface area contributed by atoms with Crippen LogP contribution in [0.5, 0.6) is 0 Å². The Kier molecular flexibility index (Phi) is 5.25. The Hall–Kier alpha value is -0.0800. The van der Waals surface area contributed by atoms with Crippen LogP contribution in [0.25, 0.3) is 0 Å². The lowest BCUT2D eigenvalue weighted by Gasteiger charge is -2.57. The number of rotatable bonds is 4. The molecular formula is C25H44O2. The van der Waals surface area contributed by atoms with Gasteiger partial charge in [0.15, 0.2) is 0 Å². The Labute approximate surface area is 167 Å². The van der Waals surface area contributed by atoms with Gasteiger partial charge in [-0.15, -0.1) is 0 Å². The van der Waals surface area contributed by atoms with Crippen LogP contribution in [0.4, 0.5) is 0 Å². The van der Waals surface area contributed by atoms with Crippen molar-refractivity contribution in [2.45, 2.75) is 116 Å². The summed E-state index contributed by atoms with van der Waals surface area (Å²) in [7, 11) is 0. The maximum atomic E-state index is 10.6. The zero-order chi connectivity index (χ0) is 19.4. The summed E-state index contributed by atoms with van der Waals surface area (Å²) in [5.41, 5.74) is -0.332. The minimum absolute atomic E-state index is 0.393. The zero-order valence-electron chi connectivity index (χ0n) is 18.3. The first-order chi connectivity index (χ1) is 12.6. The quantitative estimate of drug-likeness (QED) is 0.636. The molecule has 0 bridgehead atoms. The smallest absolute Gasteiger partial charge is 0.0622 e. The van der Waals surface area contributed by atoms with Crippen LogP contribution in [0.2, 0.25) is 0 Å². The predicted molar refractivity (Wildman–Crippen MR) is 111 cm³/mol. The summed E-state index contributed by atoms with van der Waals surface area (Å²) < 4.78 is 0. The second kappa shape index (κ2) is 7.01. The van der Waals surface area contributed by atoms with Gasteiger partial charge >= 0.3 is 0 Å². The number of aliphatic hydroxyl groups is 2. The molecule has 0 heterocycles. The highest BCUT2D eigenvalue weighted by molar-refractivity contribution is 5.06. The van der Waals surface area contributed by atoms with E-state index in [4.69, 9.17) is 0 Å². The first-order valence-corrected chi connectivity index (χ1v) is 12.0. The fraction of sp³-hybridized carbons (Fsp3) is 1.00. The molecule has 0 spiro atoms. The van der Waals surface area contributed by atoms with Crippen molar-refractivity contribution in [2.75, 3.05) is 0 Å². The molecule has 4 aliphatic carbocycles. The van der Waals surface area contributed by atoms with Crippen LogP contribution >= 0.6 is 0 Å². The van der Waals surface area contributed by atoms with Gasteiger partial charge in [-0.1, -0.05) is 13.3 Å². The molecule has 4 fully saturated rings. The van der Waals surface area contributed by atoms with Gasteiger partial charge in [-0.2, -0.15) is 0 Å². The minimum atomic E-state index is -0.503. The molecule has 0 radical (unpaired) electrons. The molecule has 0 aromatic carbocycles. The third-order valence-corrected chi connectivity index (χ3v) is 9.77. The summed E-state index contributed by atoms with van der Waals surface area (Å²) in [6.07, 6.45) is 15.4. The lowest BCUT2D eigenvalue weighted by molar-refractivity contribution is -0.100. The molecule has 2 N–H and O–H groups in total. The second-order valence-corrected chi connectivity index (χ2v) is 12.2. The van der Waals surface area contributed by atoms with Gasteiger partial charge in [0.05, 0.1) is 11.2 Å². The Morgan fingerprint density at radius 2 is 1.63 bits per heavy atom. The highest BCUT2D eigenvalue weighted by Gasteiger charge is 2.57. The number of hydrogen-bond donors (Lipinski definition) is 2. The monoisotopic (exact) mass is 376 g/mol. The summed E-state index contributed by atoms with van der Waals surface area (Å²) in [4.78, 5) is 0. The van der Waals surface area contributed by atoms with Crippen molar-refractivity contribution in [3.63, 3.8) is 0 Å². The van der Waals surface area contributed by atoms with Gasteiger partial charge in [-0.3, -0.25) is 0 Å². The normalized spacial score (nSPS) is 50.0. The topological polar surface area (TPSA) is 40.5 Å². The van der Waals surface area contributed by atoms with E-state index < -0.39 is 11.2 Å². The summed E-state index contributed by atoms with van der Waals surface area (Å²) in [5, 5.41) is 20.6. The Morgan fingerprint density at radius 3 is 2.37 bits per heavy atom. The zero-order valence-corrected chi connectivity index (χ0v) is 18.3. The van der Waals surface area contributed by atoms with E-state index in [1.54, 1.807) is 0 Å². The van der Waals surface area contributed by atoms with E-state index in [-0.39, 0.29) is 0 Å². The fourth-order valence-corrected chi connectivity index (χ4v) is 8.45. The molecule has 27 heavy (non-hydrogen) atoms. The molecule has 0 saturated heterocycles. The lowest BCUT2D eigenvalue weighted by Crippen LogP contribution is -2.50. The van der Waals surface area contributed by atoms with Crippen LogP contribution in [0.3, 0.4) is 0 Å². The lowest BCUT2D eigenvalue weighted by atomic mass is 9.49. The van der Waals surface area contributed by atoms with Crippen molar-refractivity contribution < 1.29 is 10.2 Å². The van der Waals surface area contributed by atoms with Crippen molar-refractivity contribution in [3.05, 3.63) is 0 Å². The predicted octanol–water partition coefficient (Wildman–Crippen LogP) is 5.95. The molecule has 0 aliphatic heterocycles. The number of fused-ring (bicyclic) bond motifs is 5. The van der Waals surface area contributed by atoms with Crippen molar-refractivity contribution in [2.24, 2.45) is 40.9 Å². The summed E-state index contributed by atoms with van der Waals surface area (Å²) in [6, 6.07) is 0. The summed E-state index contributed by atoms with van der Waals surface area (Å²) in [6.45, 7) is 8.62. The fourth-order valence-electron chi connectivity index (χ4n) is 8.45. The molecule has 2 nitrogen and oxygen atoms in total. The molecule has 4 aliphatic rings. The van der Waals surface area contributed by atoms with Gasteiger partial charge in [-0.05, 0) is 132 Å². The molecule has 4 saturated carbocycles. The van der Waals surface area contributed by atoms with Crippen LogP contribution in [0.15, 0.2) is 0 Å². The molecule has 0 amide bonds. The van der Waals surface area contributed by atoms with Gasteiger partial charge in [0.25, 0.3) is 0 Å². The maximum Gasteiger partial charge on any atom is 0.0622 e. The summed E-state index contributed by atoms with van der Waals surface area (Å²) >= 11 is 0. The average Bonchev–Trinajstić information content (AvgIpc) is 2.89. The van der Waals surface area contributed by atoms with Gasteiger partial charge < -0.3 is 10.2 Å². The Bertz CT molecular complexity index is 533. The van der Waals surface area contributed by atoms with Crippen LogP contribution in [-0.2, 0) is 0 Å². The van der Waals surface area contributed by atoms with E-state index in [0.29, 0.717) is 5.41 Å². The second-order valence-electron chi connectivity index (χ2n) is 12.2. The standard InChI is InChI=1S/C25H44O2/c1-23(2,26)13-5-6-18-8-10-22-21-9-7-17-16-24(3,27)14-11-19(17)20(21)12-15-25(18,22)4/h17-22,26-27H,5-16H2,1-4H3/t17-,18-,19-,20+,21+,22-,24+,25+/m0/s1. The van der Waals surface area contributed by atoms with Crippen LogP contribution in [0, 0.1) is 40.9 Å². The van der Waals surface area contributed by atoms with Crippen LogP contribution in [-0.4, -0.2) is 21.4 Å². The third-order valence-electron chi connectivity index (χ3n) is 9.77. The van der Waals surface area contributed by atoms with Gasteiger partial charge in [-0.25, -0.2) is 0 Å². The molecule has 0 unspecified atom stereocenters. The van der Waals surface area contributed by atoms with Crippen molar-refractivity contribution in [1.29, 1.82) is 0 Å². The van der Waals surface area contributed by atoms with E-state index in [0.717, 1.165) is 54.8 Å². The van der Waals surface area contributed by atoms with Crippen LogP contribution < -0.4 is 0 Å². The van der Waals surface area contributed by atoms with E-state index in [9.17, 15) is 10.2 Å². The first-order valence-electron chi connectivity index (χ1n) is 12.0. The van der Waals surface area contributed by atoms with Gasteiger partial charge in [0.2, 0.25) is 0 Å². The van der Waals surface area contributed by atoms with E-state index in [1.165, 1.54) is 57.8 Å². The highest BCUT2D eigenvalue weighted by Crippen LogP contribution is 2.65. The Balaban J connectivity index is 1.42. The molecule has 0 aromatic heterocycles. The molecule has 0 aromatic rings. The third kappa shape index (κ3) is 3.87. The van der Waals surface area contributed by atoms with E-state index in [1.807, 2.05) is 13.8 Å². The van der Waals surface area contributed by atoms with Gasteiger partial charge in [0.1, 0.15) is 0 Å². The van der Waals surface area contributed by atoms with Gasteiger partial charge in [0, 0.05) is 0 Å². The van der Waals surface area contributed by atoms with E-state index >= 15 is 0 Å². The van der Waals surface area contributed by atoms with Crippen molar-refractivity contribution in [3.8, 4) is 0 Å².